The molecule has 1 nitrogen and oxygen atoms in total. The summed E-state index contributed by atoms with van der Waals surface area (Å²) in [6, 6.07) is 0. The number of rotatable bonds is 39. The largest absolute Gasteiger partial charge is 0.303 e. The molecule has 0 N–H and O–H groups in total. The van der Waals surface area contributed by atoms with Crippen LogP contribution in [0.5, 0.6) is 0 Å². The lowest BCUT2D eigenvalue weighted by molar-refractivity contribution is 0.252. The second-order valence-electron chi connectivity index (χ2n) is 15.3. The Labute approximate surface area is 282 Å². The highest BCUT2D eigenvalue weighted by Gasteiger charge is 2.06. The predicted octanol–water partition coefficient (Wildman–Crippen LogP) is 15.6. The molecule has 0 aromatic carbocycles. The molecule has 0 saturated heterocycles. The van der Waals surface area contributed by atoms with E-state index in [9.17, 15) is 0 Å². The van der Waals surface area contributed by atoms with Gasteiger partial charge >= 0.3 is 0 Å². The first kappa shape index (κ1) is 44.0. The number of hydrogen-bond donors (Lipinski definition) is 0. The maximum absolute atomic E-state index is 2.84. The molecule has 0 amide bonds. The molecule has 0 spiro atoms. The summed E-state index contributed by atoms with van der Waals surface area (Å²) in [5.41, 5.74) is 0. The Kier molecular flexibility index (Phi) is 39.1. The van der Waals surface area contributed by atoms with E-state index in [1.54, 1.807) is 0 Å². The Balaban J connectivity index is 3.67. The van der Waals surface area contributed by atoms with Gasteiger partial charge in [-0.3, -0.25) is 0 Å². The average Bonchev–Trinajstić information content (AvgIpc) is 3.02. The van der Waals surface area contributed by atoms with Crippen LogP contribution >= 0.6 is 0 Å². The van der Waals surface area contributed by atoms with E-state index in [0.29, 0.717) is 0 Å². The minimum Gasteiger partial charge on any atom is -0.303 e. The van der Waals surface area contributed by atoms with E-state index in [-0.39, 0.29) is 0 Å². The van der Waals surface area contributed by atoms with Crippen LogP contribution in [0.4, 0.5) is 0 Å². The van der Waals surface area contributed by atoms with Gasteiger partial charge in [0.15, 0.2) is 0 Å². The summed E-state index contributed by atoms with van der Waals surface area (Å²) in [5.74, 6) is 0.865. The summed E-state index contributed by atoms with van der Waals surface area (Å²) in [6.07, 6.45) is 51.2. The number of nitrogens with zero attached hydrogens (tertiary/aromatic N) is 1. The minimum absolute atomic E-state index is 0.865. The first-order valence-electron chi connectivity index (χ1n) is 21.4. The topological polar surface area (TPSA) is 3.24 Å². The zero-order valence-electron chi connectivity index (χ0n) is 31.9. The van der Waals surface area contributed by atoms with Gasteiger partial charge in [-0.1, -0.05) is 233 Å². The molecule has 0 fully saturated rings. The molecule has 0 aliphatic carbocycles. The van der Waals surface area contributed by atoms with E-state index in [1.807, 2.05) is 0 Å². The fraction of sp³-hybridized carbons (Fsp3) is 1.00. The van der Waals surface area contributed by atoms with Crippen molar-refractivity contribution in [3.05, 3.63) is 0 Å². The molecule has 0 aliphatic heterocycles. The molecule has 0 aliphatic rings. The van der Waals surface area contributed by atoms with Gasteiger partial charge in [0.05, 0.1) is 0 Å². The third-order valence-corrected chi connectivity index (χ3v) is 10.2. The zero-order chi connectivity index (χ0) is 32.0. The molecular weight excluding hydrogens is 530 g/mol. The van der Waals surface area contributed by atoms with Gasteiger partial charge < -0.3 is 4.90 Å². The van der Waals surface area contributed by atoms with Gasteiger partial charge in [0.1, 0.15) is 0 Å². The fourth-order valence-electron chi connectivity index (χ4n) is 6.99. The fourth-order valence-corrected chi connectivity index (χ4v) is 6.99. The van der Waals surface area contributed by atoms with Crippen molar-refractivity contribution in [1.82, 2.24) is 4.90 Å². The Bertz CT molecular complexity index is 449. The molecule has 0 aromatic heterocycles. The second kappa shape index (κ2) is 39.1. The van der Waals surface area contributed by atoms with Crippen LogP contribution in [0.3, 0.4) is 0 Å². The van der Waals surface area contributed by atoms with E-state index in [0.717, 1.165) is 5.92 Å². The molecule has 0 rings (SSSR count). The Hall–Kier alpha value is -0.0400. The van der Waals surface area contributed by atoms with Gasteiger partial charge in [-0.2, -0.15) is 0 Å². The molecule has 0 unspecified atom stereocenters. The van der Waals surface area contributed by atoms with Gasteiger partial charge in [0, 0.05) is 0 Å². The van der Waals surface area contributed by atoms with Gasteiger partial charge in [0.2, 0.25) is 0 Å². The smallest absolute Gasteiger partial charge is 0.00187 e. The molecule has 1 heteroatoms. The van der Waals surface area contributed by atoms with Gasteiger partial charge in [-0.05, 0) is 44.8 Å². The van der Waals surface area contributed by atoms with Crippen LogP contribution in [0, 0.1) is 5.92 Å². The maximum Gasteiger partial charge on any atom is -0.00187 e. The lowest BCUT2D eigenvalue weighted by Gasteiger charge is -2.22. The predicted molar refractivity (Wildman–Crippen MR) is 204 cm³/mol. The van der Waals surface area contributed by atoms with Crippen molar-refractivity contribution in [1.29, 1.82) is 0 Å². The van der Waals surface area contributed by atoms with Crippen LogP contribution in [0.25, 0.3) is 0 Å². The van der Waals surface area contributed by atoms with Crippen molar-refractivity contribution in [3.8, 4) is 0 Å². The highest BCUT2D eigenvalue weighted by atomic mass is 15.1. The SMILES string of the molecule is CCCCCCCCCCCCCCCCCCN(CCCCCCCCCCCCCCCCCC)CCCCC(C)C. The van der Waals surface area contributed by atoms with Gasteiger partial charge in [-0.15, -0.1) is 0 Å². The molecule has 0 saturated carbocycles. The van der Waals surface area contributed by atoms with E-state index < -0.39 is 0 Å². The quantitative estimate of drug-likeness (QED) is 0.0619. The summed E-state index contributed by atoms with van der Waals surface area (Å²) in [5, 5.41) is 0. The minimum atomic E-state index is 0.865. The van der Waals surface area contributed by atoms with Crippen LogP contribution in [-0.4, -0.2) is 24.5 Å². The molecule has 0 atom stereocenters. The summed E-state index contributed by atoms with van der Waals surface area (Å²) >= 11 is 0. The van der Waals surface area contributed by atoms with E-state index >= 15 is 0 Å². The van der Waals surface area contributed by atoms with Crippen LogP contribution in [0.1, 0.15) is 252 Å². The van der Waals surface area contributed by atoms with Gasteiger partial charge in [0.25, 0.3) is 0 Å². The molecule has 0 radical (unpaired) electrons. The lowest BCUT2D eigenvalue weighted by atomic mass is 10.0. The highest BCUT2D eigenvalue weighted by Crippen LogP contribution is 2.16. The van der Waals surface area contributed by atoms with Crippen molar-refractivity contribution >= 4 is 0 Å². The first-order chi connectivity index (χ1) is 21.7. The zero-order valence-corrected chi connectivity index (χ0v) is 31.9. The third kappa shape index (κ3) is 38.1. The van der Waals surface area contributed by atoms with Gasteiger partial charge in [-0.25, -0.2) is 0 Å². The van der Waals surface area contributed by atoms with Crippen molar-refractivity contribution < 1.29 is 0 Å². The molecule has 0 bridgehead atoms. The van der Waals surface area contributed by atoms with E-state index in [4.69, 9.17) is 0 Å². The lowest BCUT2D eigenvalue weighted by Crippen LogP contribution is -2.27. The monoisotopic (exact) mass is 620 g/mol. The molecule has 44 heavy (non-hydrogen) atoms. The van der Waals surface area contributed by atoms with E-state index in [2.05, 4.69) is 32.6 Å². The molecule has 0 heterocycles. The van der Waals surface area contributed by atoms with E-state index in [1.165, 1.54) is 244 Å². The Morgan fingerprint density at radius 1 is 0.273 bits per heavy atom. The molecular formula is C43H89N. The normalized spacial score (nSPS) is 11.9. The summed E-state index contributed by atoms with van der Waals surface area (Å²) in [6.45, 7) is 13.5. The van der Waals surface area contributed by atoms with Crippen LogP contribution in [0.2, 0.25) is 0 Å². The standard InChI is InChI=1S/C43H89N/c1-5-7-9-11-13-15-17-19-21-23-25-27-29-31-33-36-40-44(42-38-35-39-43(3)4)41-37-34-32-30-28-26-24-22-20-18-16-14-12-10-8-6-2/h43H,5-42H2,1-4H3. The Morgan fingerprint density at radius 3 is 0.705 bits per heavy atom. The molecule has 0 aromatic rings. The van der Waals surface area contributed by atoms with Crippen molar-refractivity contribution in [2.45, 2.75) is 252 Å². The maximum atomic E-state index is 2.84. The number of hydrogen-bond acceptors (Lipinski definition) is 1. The third-order valence-electron chi connectivity index (χ3n) is 10.2. The summed E-state index contributed by atoms with van der Waals surface area (Å²) < 4.78 is 0. The second-order valence-corrected chi connectivity index (χ2v) is 15.3. The van der Waals surface area contributed by atoms with Crippen molar-refractivity contribution in [2.75, 3.05) is 19.6 Å². The van der Waals surface area contributed by atoms with Crippen molar-refractivity contribution in [2.24, 2.45) is 5.92 Å². The average molecular weight is 620 g/mol. The summed E-state index contributed by atoms with van der Waals surface area (Å²) in [7, 11) is 0. The number of unbranched alkanes of at least 4 members (excludes halogenated alkanes) is 31. The molecule has 266 valence electrons. The van der Waals surface area contributed by atoms with Crippen molar-refractivity contribution in [3.63, 3.8) is 0 Å². The van der Waals surface area contributed by atoms with Crippen LogP contribution in [0.15, 0.2) is 0 Å². The highest BCUT2D eigenvalue weighted by molar-refractivity contribution is 4.61. The first-order valence-corrected chi connectivity index (χ1v) is 21.4. The van der Waals surface area contributed by atoms with Crippen LogP contribution < -0.4 is 0 Å². The Morgan fingerprint density at radius 2 is 0.477 bits per heavy atom. The summed E-state index contributed by atoms with van der Waals surface area (Å²) in [4.78, 5) is 2.84. The van der Waals surface area contributed by atoms with Crippen LogP contribution in [-0.2, 0) is 0 Å².